The van der Waals surface area contributed by atoms with Crippen molar-refractivity contribution >= 4 is 39.3 Å². The van der Waals surface area contributed by atoms with Crippen LogP contribution in [0.2, 0.25) is 0 Å². The first-order valence-corrected chi connectivity index (χ1v) is 7.83. The molecule has 19 heavy (non-hydrogen) atoms. The molecule has 2 nitrogen and oxygen atoms in total. The van der Waals surface area contributed by atoms with Gasteiger partial charge in [0.05, 0.1) is 5.56 Å². The highest BCUT2D eigenvalue weighted by atomic mass is 79.9. The van der Waals surface area contributed by atoms with Crippen LogP contribution in [0.3, 0.4) is 0 Å². The van der Waals surface area contributed by atoms with E-state index in [2.05, 4.69) is 21.2 Å². The van der Waals surface area contributed by atoms with E-state index < -0.39 is 0 Å². The lowest BCUT2D eigenvalue weighted by Gasteiger charge is -2.08. The fourth-order valence-electron chi connectivity index (χ4n) is 1.68. The standard InChI is InChI=1S/C15H14BrNOS/c1-10-3-8-13(14(16)9-10)15(18)17-11-4-6-12(19-2)7-5-11/h3-9H,1-2H3,(H,17,18). The highest BCUT2D eigenvalue weighted by molar-refractivity contribution is 9.10. The lowest BCUT2D eigenvalue weighted by Crippen LogP contribution is -2.12. The zero-order valence-electron chi connectivity index (χ0n) is 10.7. The summed E-state index contributed by atoms with van der Waals surface area (Å²) in [6.45, 7) is 1.99. The van der Waals surface area contributed by atoms with Crippen LogP contribution in [0.4, 0.5) is 5.69 Å². The third-order valence-corrected chi connectivity index (χ3v) is 4.12. The van der Waals surface area contributed by atoms with Gasteiger partial charge in [-0.25, -0.2) is 0 Å². The zero-order chi connectivity index (χ0) is 13.8. The smallest absolute Gasteiger partial charge is 0.256 e. The second-order valence-electron chi connectivity index (χ2n) is 4.17. The Balaban J connectivity index is 2.15. The number of hydrogen-bond donors (Lipinski definition) is 1. The maximum atomic E-state index is 12.2. The summed E-state index contributed by atoms with van der Waals surface area (Å²) in [5, 5.41) is 2.89. The average molecular weight is 336 g/mol. The summed E-state index contributed by atoms with van der Waals surface area (Å²) in [5.41, 5.74) is 2.56. The summed E-state index contributed by atoms with van der Waals surface area (Å²) in [7, 11) is 0. The van der Waals surface area contributed by atoms with E-state index in [4.69, 9.17) is 0 Å². The van der Waals surface area contributed by atoms with Crippen LogP contribution < -0.4 is 5.32 Å². The van der Waals surface area contributed by atoms with Crippen molar-refractivity contribution in [1.82, 2.24) is 0 Å². The van der Waals surface area contributed by atoms with Gasteiger partial charge in [0.15, 0.2) is 0 Å². The number of amides is 1. The Morgan fingerprint density at radius 1 is 1.16 bits per heavy atom. The molecule has 1 amide bonds. The van der Waals surface area contributed by atoms with Crippen molar-refractivity contribution in [2.24, 2.45) is 0 Å². The van der Waals surface area contributed by atoms with Gasteiger partial charge in [-0.05, 0) is 71.1 Å². The van der Waals surface area contributed by atoms with Crippen molar-refractivity contribution in [2.75, 3.05) is 11.6 Å². The van der Waals surface area contributed by atoms with E-state index in [9.17, 15) is 4.79 Å². The van der Waals surface area contributed by atoms with E-state index in [1.807, 2.05) is 55.6 Å². The minimum atomic E-state index is -0.108. The fourth-order valence-corrected chi connectivity index (χ4v) is 2.76. The molecule has 0 fully saturated rings. The Hall–Kier alpha value is -1.26. The Bertz CT molecular complexity index is 596. The number of hydrogen-bond acceptors (Lipinski definition) is 2. The van der Waals surface area contributed by atoms with Crippen LogP contribution >= 0.6 is 27.7 Å². The number of rotatable bonds is 3. The molecule has 0 aromatic heterocycles. The molecule has 0 aliphatic rings. The number of carbonyl (C=O) groups excluding carboxylic acids is 1. The van der Waals surface area contributed by atoms with E-state index in [-0.39, 0.29) is 5.91 Å². The van der Waals surface area contributed by atoms with Crippen molar-refractivity contribution in [3.05, 3.63) is 58.1 Å². The molecule has 0 saturated carbocycles. The topological polar surface area (TPSA) is 29.1 Å². The second-order valence-corrected chi connectivity index (χ2v) is 5.90. The molecule has 0 unspecified atom stereocenters. The van der Waals surface area contributed by atoms with Gasteiger partial charge in [-0.2, -0.15) is 0 Å². The first-order valence-electron chi connectivity index (χ1n) is 5.81. The number of benzene rings is 2. The summed E-state index contributed by atoms with van der Waals surface area (Å²) >= 11 is 5.10. The first kappa shape index (κ1) is 14.2. The molecular formula is C15H14BrNOS. The molecule has 2 aromatic rings. The van der Waals surface area contributed by atoms with Crippen LogP contribution in [0.15, 0.2) is 51.8 Å². The van der Waals surface area contributed by atoms with Crippen molar-refractivity contribution in [3.8, 4) is 0 Å². The van der Waals surface area contributed by atoms with E-state index in [1.54, 1.807) is 11.8 Å². The highest BCUT2D eigenvalue weighted by Crippen LogP contribution is 2.21. The van der Waals surface area contributed by atoms with Crippen molar-refractivity contribution < 1.29 is 4.79 Å². The molecule has 1 N–H and O–H groups in total. The van der Waals surface area contributed by atoms with Crippen LogP contribution in [-0.2, 0) is 0 Å². The van der Waals surface area contributed by atoms with Crippen molar-refractivity contribution in [2.45, 2.75) is 11.8 Å². The molecule has 0 spiro atoms. The SMILES string of the molecule is CSc1ccc(NC(=O)c2ccc(C)cc2Br)cc1. The Kier molecular flexibility index (Phi) is 4.66. The summed E-state index contributed by atoms with van der Waals surface area (Å²) in [6, 6.07) is 13.5. The molecule has 4 heteroatoms. The van der Waals surface area contributed by atoms with Crippen LogP contribution in [0, 0.1) is 6.92 Å². The number of nitrogens with one attached hydrogen (secondary N) is 1. The first-order chi connectivity index (χ1) is 9.10. The molecule has 0 bridgehead atoms. The van der Waals surface area contributed by atoms with E-state index >= 15 is 0 Å². The minimum Gasteiger partial charge on any atom is -0.322 e. The highest BCUT2D eigenvalue weighted by Gasteiger charge is 2.10. The predicted molar refractivity (Wildman–Crippen MR) is 85.1 cm³/mol. The average Bonchev–Trinajstić information content (AvgIpc) is 2.39. The van der Waals surface area contributed by atoms with Gasteiger partial charge in [0.1, 0.15) is 0 Å². The summed E-state index contributed by atoms with van der Waals surface area (Å²) in [6.07, 6.45) is 2.02. The quantitative estimate of drug-likeness (QED) is 0.821. The third kappa shape index (κ3) is 3.61. The molecule has 0 aliphatic carbocycles. The second kappa shape index (κ2) is 6.26. The van der Waals surface area contributed by atoms with E-state index in [0.717, 1.165) is 15.7 Å². The molecular weight excluding hydrogens is 322 g/mol. The Morgan fingerprint density at radius 2 is 1.84 bits per heavy atom. The van der Waals surface area contributed by atoms with Gasteiger partial charge >= 0.3 is 0 Å². The molecule has 0 saturated heterocycles. The van der Waals surface area contributed by atoms with Gasteiger partial charge < -0.3 is 5.32 Å². The van der Waals surface area contributed by atoms with Gasteiger partial charge in [0.25, 0.3) is 5.91 Å². The molecule has 0 aliphatic heterocycles. The van der Waals surface area contributed by atoms with E-state index in [1.165, 1.54) is 4.90 Å². The van der Waals surface area contributed by atoms with E-state index in [0.29, 0.717) is 5.56 Å². The largest absolute Gasteiger partial charge is 0.322 e. The summed E-state index contributed by atoms with van der Waals surface area (Å²) < 4.78 is 0.811. The van der Waals surface area contributed by atoms with Gasteiger partial charge in [-0.1, -0.05) is 6.07 Å². The lowest BCUT2D eigenvalue weighted by molar-refractivity contribution is 0.102. The van der Waals surface area contributed by atoms with Crippen LogP contribution in [0.25, 0.3) is 0 Å². The number of halogens is 1. The monoisotopic (exact) mass is 335 g/mol. The number of aryl methyl sites for hydroxylation is 1. The maximum absolute atomic E-state index is 12.2. The molecule has 0 atom stereocenters. The fraction of sp³-hybridized carbons (Fsp3) is 0.133. The normalized spacial score (nSPS) is 10.3. The summed E-state index contributed by atoms with van der Waals surface area (Å²) in [4.78, 5) is 13.3. The zero-order valence-corrected chi connectivity index (χ0v) is 13.1. The molecule has 2 aromatic carbocycles. The number of thioether (sulfide) groups is 1. The summed E-state index contributed by atoms with van der Waals surface area (Å²) in [5.74, 6) is -0.108. The third-order valence-electron chi connectivity index (χ3n) is 2.72. The Morgan fingerprint density at radius 3 is 2.42 bits per heavy atom. The van der Waals surface area contributed by atoms with Gasteiger partial charge in [0.2, 0.25) is 0 Å². The molecule has 0 heterocycles. The molecule has 2 rings (SSSR count). The van der Waals surface area contributed by atoms with Gasteiger partial charge in [0, 0.05) is 15.1 Å². The number of carbonyl (C=O) groups is 1. The van der Waals surface area contributed by atoms with Crippen LogP contribution in [0.1, 0.15) is 15.9 Å². The van der Waals surface area contributed by atoms with Gasteiger partial charge in [-0.3, -0.25) is 4.79 Å². The lowest BCUT2D eigenvalue weighted by atomic mass is 10.1. The van der Waals surface area contributed by atoms with Crippen molar-refractivity contribution in [1.29, 1.82) is 0 Å². The van der Waals surface area contributed by atoms with Gasteiger partial charge in [-0.15, -0.1) is 11.8 Å². The predicted octanol–water partition coefficient (Wildman–Crippen LogP) is 4.73. The minimum absolute atomic E-state index is 0.108. The van der Waals surface area contributed by atoms with Crippen molar-refractivity contribution in [3.63, 3.8) is 0 Å². The molecule has 0 radical (unpaired) electrons. The number of anilines is 1. The van der Waals surface area contributed by atoms with Crippen LogP contribution in [-0.4, -0.2) is 12.2 Å². The molecule has 98 valence electrons. The van der Waals surface area contributed by atoms with Crippen LogP contribution in [0.5, 0.6) is 0 Å². The Labute approximate surface area is 125 Å². The maximum Gasteiger partial charge on any atom is 0.256 e.